The van der Waals surface area contributed by atoms with E-state index in [1.165, 1.54) is 26.9 Å². The van der Waals surface area contributed by atoms with Crippen molar-refractivity contribution in [2.45, 2.75) is 25.3 Å². The minimum Gasteiger partial charge on any atom is -0.297 e. The van der Waals surface area contributed by atoms with Gasteiger partial charge in [-0.15, -0.1) is 11.3 Å². The Morgan fingerprint density at radius 1 is 0.964 bits per heavy atom. The number of aromatic nitrogens is 3. The van der Waals surface area contributed by atoms with Crippen molar-refractivity contribution in [1.82, 2.24) is 19.9 Å². The number of hydrogen-bond donors (Lipinski definition) is 0. The molecule has 4 nitrogen and oxygen atoms in total. The first-order chi connectivity index (χ1) is 13.8. The first-order valence-electron chi connectivity index (χ1n) is 9.76. The number of nitrogens with zero attached hydrogens (tertiary/aromatic N) is 4. The highest BCUT2D eigenvalue weighted by Gasteiger charge is 2.22. The largest absolute Gasteiger partial charge is 0.297 e. The van der Waals surface area contributed by atoms with Crippen molar-refractivity contribution >= 4 is 22.1 Å². The Bertz CT molecular complexity index is 1050. The third-order valence-corrected chi connectivity index (χ3v) is 6.40. The van der Waals surface area contributed by atoms with E-state index >= 15 is 0 Å². The molecule has 1 saturated heterocycles. The van der Waals surface area contributed by atoms with E-state index < -0.39 is 0 Å². The predicted octanol–water partition coefficient (Wildman–Crippen LogP) is 5.13. The van der Waals surface area contributed by atoms with E-state index in [0.717, 1.165) is 38.2 Å². The lowest BCUT2D eigenvalue weighted by molar-refractivity contribution is 0.201. The van der Waals surface area contributed by atoms with Gasteiger partial charge < -0.3 is 0 Å². The summed E-state index contributed by atoms with van der Waals surface area (Å²) in [5.74, 6) is 0.538. The number of fused-ring (bicyclic) bond motifs is 1. The van der Waals surface area contributed by atoms with Gasteiger partial charge in [-0.3, -0.25) is 19.9 Å². The van der Waals surface area contributed by atoms with Gasteiger partial charge in [0.25, 0.3) is 0 Å². The van der Waals surface area contributed by atoms with E-state index in [9.17, 15) is 0 Å². The van der Waals surface area contributed by atoms with Gasteiger partial charge in [0.15, 0.2) is 0 Å². The van der Waals surface area contributed by atoms with Gasteiger partial charge in [-0.25, -0.2) is 0 Å². The zero-order valence-corrected chi connectivity index (χ0v) is 16.5. The average Bonchev–Trinajstić information content (AvgIpc) is 3.29. The lowest BCUT2D eigenvalue weighted by atomic mass is 9.92. The third kappa shape index (κ3) is 3.68. The number of rotatable bonds is 4. The summed E-state index contributed by atoms with van der Waals surface area (Å²) in [6.07, 6.45) is 8.15. The Labute approximate surface area is 168 Å². The highest BCUT2D eigenvalue weighted by molar-refractivity contribution is 7.13. The first-order valence-corrected chi connectivity index (χ1v) is 10.6. The SMILES string of the molecule is c1ccc(CN2CCC(c3cc4cc(-c5cncs5)ccc4cn3)CC2)nc1. The first kappa shape index (κ1) is 17.5. The molecule has 1 aliphatic heterocycles. The zero-order valence-electron chi connectivity index (χ0n) is 15.7. The van der Waals surface area contributed by atoms with Crippen molar-refractivity contribution in [2.24, 2.45) is 0 Å². The standard InChI is InChI=1S/C23H22N4S/c1-2-8-25-21(3-1)15-27-9-6-17(7-10-27)22-12-20-11-18(23-14-24-16-28-23)4-5-19(20)13-26-22/h1-5,8,11-14,16-17H,6-7,9-10,15H2. The summed E-state index contributed by atoms with van der Waals surface area (Å²) in [5, 5.41) is 2.47. The molecule has 0 N–H and O–H groups in total. The van der Waals surface area contributed by atoms with E-state index in [0.29, 0.717) is 5.92 Å². The van der Waals surface area contributed by atoms with Crippen LogP contribution in [0.25, 0.3) is 21.2 Å². The number of benzene rings is 1. The highest BCUT2D eigenvalue weighted by atomic mass is 32.1. The van der Waals surface area contributed by atoms with Crippen LogP contribution >= 0.6 is 11.3 Å². The van der Waals surface area contributed by atoms with Crippen molar-refractivity contribution in [3.05, 3.63) is 78.0 Å². The van der Waals surface area contributed by atoms with Crippen LogP contribution in [0.15, 0.2) is 66.6 Å². The van der Waals surface area contributed by atoms with Crippen LogP contribution in [0.4, 0.5) is 0 Å². The molecule has 0 amide bonds. The summed E-state index contributed by atoms with van der Waals surface area (Å²) in [4.78, 5) is 17.2. The maximum absolute atomic E-state index is 4.79. The summed E-state index contributed by atoms with van der Waals surface area (Å²) in [5.41, 5.74) is 5.50. The molecule has 0 atom stereocenters. The van der Waals surface area contributed by atoms with Crippen LogP contribution in [0.5, 0.6) is 0 Å². The summed E-state index contributed by atoms with van der Waals surface area (Å²) < 4.78 is 0. The molecule has 0 aliphatic carbocycles. The summed E-state index contributed by atoms with van der Waals surface area (Å²) in [6.45, 7) is 3.14. The number of pyridine rings is 2. The maximum atomic E-state index is 4.79. The number of piperidine rings is 1. The molecule has 140 valence electrons. The molecule has 5 heteroatoms. The Morgan fingerprint density at radius 3 is 2.68 bits per heavy atom. The molecule has 5 rings (SSSR count). The minimum absolute atomic E-state index is 0.538. The van der Waals surface area contributed by atoms with Gasteiger partial charge in [-0.05, 0) is 61.1 Å². The molecule has 3 aromatic heterocycles. The molecular weight excluding hydrogens is 364 g/mol. The van der Waals surface area contributed by atoms with Crippen LogP contribution < -0.4 is 0 Å². The normalized spacial score (nSPS) is 15.9. The monoisotopic (exact) mass is 386 g/mol. The van der Waals surface area contributed by atoms with E-state index in [-0.39, 0.29) is 0 Å². The smallest absolute Gasteiger partial charge is 0.0797 e. The molecule has 1 aliphatic rings. The molecule has 4 aromatic rings. The van der Waals surface area contributed by atoms with Crippen molar-refractivity contribution in [3.8, 4) is 10.4 Å². The van der Waals surface area contributed by atoms with Gasteiger partial charge in [0.1, 0.15) is 0 Å². The molecule has 1 fully saturated rings. The minimum atomic E-state index is 0.538. The second-order valence-electron chi connectivity index (χ2n) is 7.41. The van der Waals surface area contributed by atoms with Gasteiger partial charge in [0.05, 0.1) is 16.1 Å². The van der Waals surface area contributed by atoms with Crippen molar-refractivity contribution < 1.29 is 0 Å². The molecule has 0 bridgehead atoms. The quantitative estimate of drug-likeness (QED) is 0.487. The average molecular weight is 387 g/mol. The van der Waals surface area contributed by atoms with Gasteiger partial charge in [0.2, 0.25) is 0 Å². The molecule has 28 heavy (non-hydrogen) atoms. The second kappa shape index (κ2) is 7.78. The van der Waals surface area contributed by atoms with E-state index in [4.69, 9.17) is 4.98 Å². The molecule has 0 spiro atoms. The molecule has 0 radical (unpaired) electrons. The van der Waals surface area contributed by atoms with Crippen molar-refractivity contribution in [2.75, 3.05) is 13.1 Å². The van der Waals surface area contributed by atoms with Crippen LogP contribution in [0.3, 0.4) is 0 Å². The second-order valence-corrected chi connectivity index (χ2v) is 8.29. The Kier molecular flexibility index (Phi) is 4.85. The Hall–Kier alpha value is -2.63. The van der Waals surface area contributed by atoms with Crippen LogP contribution in [0.1, 0.15) is 30.1 Å². The topological polar surface area (TPSA) is 41.9 Å². The molecule has 0 saturated carbocycles. The number of hydrogen-bond acceptors (Lipinski definition) is 5. The fourth-order valence-corrected chi connectivity index (χ4v) is 4.62. The van der Waals surface area contributed by atoms with Crippen molar-refractivity contribution in [1.29, 1.82) is 0 Å². The van der Waals surface area contributed by atoms with Crippen LogP contribution in [-0.2, 0) is 6.54 Å². The summed E-state index contributed by atoms with van der Waals surface area (Å²) in [7, 11) is 0. The Balaban J connectivity index is 1.31. The molecule has 1 aromatic carbocycles. The van der Waals surface area contributed by atoms with E-state index in [1.807, 2.05) is 30.2 Å². The maximum Gasteiger partial charge on any atom is 0.0797 e. The fraction of sp³-hybridized carbons (Fsp3) is 0.261. The lowest BCUT2D eigenvalue weighted by Gasteiger charge is -2.31. The van der Waals surface area contributed by atoms with Gasteiger partial charge in [-0.2, -0.15) is 0 Å². The van der Waals surface area contributed by atoms with Crippen LogP contribution in [0, 0.1) is 0 Å². The highest BCUT2D eigenvalue weighted by Crippen LogP contribution is 2.31. The van der Waals surface area contributed by atoms with Gasteiger partial charge in [-0.1, -0.05) is 18.2 Å². The van der Waals surface area contributed by atoms with E-state index in [1.54, 1.807) is 11.3 Å². The molecular formula is C23H22N4S. The van der Waals surface area contributed by atoms with Gasteiger partial charge >= 0.3 is 0 Å². The summed E-state index contributed by atoms with van der Waals surface area (Å²) >= 11 is 1.68. The number of likely N-dealkylation sites (tertiary alicyclic amines) is 1. The lowest BCUT2D eigenvalue weighted by Crippen LogP contribution is -2.32. The third-order valence-electron chi connectivity index (χ3n) is 5.58. The summed E-state index contributed by atoms with van der Waals surface area (Å²) in [6, 6.07) is 15.0. The predicted molar refractivity (Wildman–Crippen MR) is 114 cm³/mol. The van der Waals surface area contributed by atoms with Gasteiger partial charge in [0, 0.05) is 42.1 Å². The molecule has 0 unspecified atom stereocenters. The number of thiazole rings is 1. The Morgan fingerprint density at radius 2 is 1.89 bits per heavy atom. The van der Waals surface area contributed by atoms with Crippen LogP contribution in [-0.4, -0.2) is 32.9 Å². The molecule has 4 heterocycles. The van der Waals surface area contributed by atoms with Crippen LogP contribution in [0.2, 0.25) is 0 Å². The van der Waals surface area contributed by atoms with Crippen molar-refractivity contribution in [3.63, 3.8) is 0 Å². The van der Waals surface area contributed by atoms with E-state index in [2.05, 4.69) is 51.3 Å². The zero-order chi connectivity index (χ0) is 18.8. The fourth-order valence-electron chi connectivity index (χ4n) is 4.00.